The van der Waals surface area contributed by atoms with Crippen molar-refractivity contribution in [1.29, 1.82) is 0 Å². The van der Waals surface area contributed by atoms with Gasteiger partial charge >= 0.3 is 0 Å². The first-order chi connectivity index (χ1) is 13.5. The monoisotopic (exact) mass is 546 g/mol. The van der Waals surface area contributed by atoms with Crippen LogP contribution in [0.2, 0.25) is 0 Å². The third kappa shape index (κ3) is 6.76. The van der Waals surface area contributed by atoms with Crippen LogP contribution in [-0.4, -0.2) is 38.9 Å². The molecule has 0 saturated heterocycles. The predicted molar refractivity (Wildman–Crippen MR) is 130 cm³/mol. The Labute approximate surface area is 196 Å². The number of nitrogens with one attached hydrogen (secondary N) is 2. The largest absolute Gasteiger partial charge is 0.383 e. The van der Waals surface area contributed by atoms with Crippen molar-refractivity contribution >= 4 is 52.6 Å². The summed E-state index contributed by atoms with van der Waals surface area (Å²) in [5.41, 5.74) is -0.967. The van der Waals surface area contributed by atoms with E-state index in [0.29, 0.717) is 19.0 Å². The third-order valence-corrected chi connectivity index (χ3v) is 6.52. The number of aromatic nitrogens is 3. The molecule has 3 N–H and O–H groups in total. The van der Waals surface area contributed by atoms with E-state index >= 15 is 0 Å². The van der Waals surface area contributed by atoms with Crippen LogP contribution in [0.4, 0.5) is 0 Å². The Morgan fingerprint density at radius 1 is 1.21 bits per heavy atom. The van der Waals surface area contributed by atoms with E-state index in [0.717, 1.165) is 29.5 Å². The number of guanidine groups is 1. The average molecular weight is 547 g/mol. The van der Waals surface area contributed by atoms with Gasteiger partial charge in [0.2, 0.25) is 0 Å². The van der Waals surface area contributed by atoms with Crippen molar-refractivity contribution in [2.24, 2.45) is 12.0 Å². The molecule has 7 nitrogen and oxygen atoms in total. The maximum Gasteiger partial charge on any atom is 0.191 e. The molecule has 0 aliphatic rings. The minimum Gasteiger partial charge on any atom is -0.383 e. The van der Waals surface area contributed by atoms with Crippen LogP contribution in [0.3, 0.4) is 0 Å². The molecular weight excluding hydrogens is 519 g/mol. The van der Waals surface area contributed by atoms with Gasteiger partial charge in [0.1, 0.15) is 18.0 Å². The normalized spacial score (nSPS) is 13.6. The summed E-state index contributed by atoms with van der Waals surface area (Å²) >= 11 is 3.29. The zero-order valence-corrected chi connectivity index (χ0v) is 20.7. The Morgan fingerprint density at radius 3 is 2.59 bits per heavy atom. The Kier molecular flexibility index (Phi) is 9.05. The number of aryl methyl sites for hydroxylation is 1. The molecule has 0 spiro atoms. The van der Waals surface area contributed by atoms with Gasteiger partial charge in [-0.25, -0.2) is 4.99 Å². The lowest BCUT2D eigenvalue weighted by atomic mass is 10.1. The van der Waals surface area contributed by atoms with E-state index in [1.807, 2.05) is 36.1 Å². The first-order valence-electron chi connectivity index (χ1n) is 9.11. The SMILES string of the molecule is Cc1nnc(CN=C(NCCc2cccs2)NCC(C)(O)c2cccs2)n1C.I. The Balaban J connectivity index is 0.00000300. The quantitative estimate of drug-likeness (QED) is 0.230. The van der Waals surface area contributed by atoms with Crippen LogP contribution >= 0.6 is 46.7 Å². The molecule has 3 aromatic rings. The van der Waals surface area contributed by atoms with Gasteiger partial charge in [-0.1, -0.05) is 12.1 Å². The van der Waals surface area contributed by atoms with Gasteiger partial charge in [0, 0.05) is 23.3 Å². The van der Waals surface area contributed by atoms with Crippen LogP contribution in [0.25, 0.3) is 0 Å². The van der Waals surface area contributed by atoms with Crippen LogP contribution in [0.1, 0.15) is 28.3 Å². The van der Waals surface area contributed by atoms with Gasteiger partial charge in [-0.05, 0) is 43.2 Å². The van der Waals surface area contributed by atoms with Gasteiger partial charge in [-0.2, -0.15) is 0 Å². The second kappa shape index (κ2) is 11.0. The molecule has 29 heavy (non-hydrogen) atoms. The lowest BCUT2D eigenvalue weighted by molar-refractivity contribution is 0.0655. The smallest absolute Gasteiger partial charge is 0.191 e. The Bertz CT molecular complexity index is 890. The highest BCUT2D eigenvalue weighted by molar-refractivity contribution is 14.0. The molecule has 1 atom stereocenters. The number of hydrogen-bond acceptors (Lipinski definition) is 6. The van der Waals surface area contributed by atoms with Crippen molar-refractivity contribution in [3.63, 3.8) is 0 Å². The molecule has 0 aliphatic carbocycles. The third-order valence-electron chi connectivity index (χ3n) is 4.46. The fourth-order valence-electron chi connectivity index (χ4n) is 2.60. The Hall–Kier alpha value is -1.50. The molecule has 0 radical (unpaired) electrons. The van der Waals surface area contributed by atoms with Gasteiger partial charge in [0.25, 0.3) is 0 Å². The van der Waals surface area contributed by atoms with E-state index in [4.69, 9.17) is 0 Å². The number of thiophene rings is 2. The second-order valence-corrected chi connectivity index (χ2v) is 8.73. The van der Waals surface area contributed by atoms with Gasteiger partial charge in [0.05, 0.1) is 6.54 Å². The molecule has 10 heteroatoms. The number of aliphatic imine (C=N–C) groups is 1. The van der Waals surface area contributed by atoms with Crippen molar-refractivity contribution in [1.82, 2.24) is 25.4 Å². The van der Waals surface area contributed by atoms with E-state index in [1.54, 1.807) is 29.6 Å². The van der Waals surface area contributed by atoms with Crippen molar-refractivity contribution in [2.75, 3.05) is 13.1 Å². The summed E-state index contributed by atoms with van der Waals surface area (Å²) in [6, 6.07) is 8.07. The van der Waals surface area contributed by atoms with E-state index in [-0.39, 0.29) is 24.0 Å². The van der Waals surface area contributed by atoms with E-state index in [2.05, 4.69) is 43.3 Å². The maximum atomic E-state index is 10.8. The lowest BCUT2D eigenvalue weighted by Gasteiger charge is -2.24. The average Bonchev–Trinajstić information content (AvgIpc) is 3.42. The second-order valence-electron chi connectivity index (χ2n) is 6.75. The Morgan fingerprint density at radius 2 is 1.97 bits per heavy atom. The van der Waals surface area contributed by atoms with E-state index < -0.39 is 5.60 Å². The summed E-state index contributed by atoms with van der Waals surface area (Å²) in [5.74, 6) is 2.29. The minimum atomic E-state index is -0.967. The molecule has 0 bridgehead atoms. The minimum absolute atomic E-state index is 0. The molecule has 3 rings (SSSR count). The molecule has 0 fully saturated rings. The van der Waals surface area contributed by atoms with Crippen LogP contribution in [0, 0.1) is 6.92 Å². The zero-order chi connectivity index (χ0) is 20.0. The molecule has 3 aromatic heterocycles. The summed E-state index contributed by atoms with van der Waals surface area (Å²) in [6.45, 7) is 5.24. The molecule has 158 valence electrons. The van der Waals surface area contributed by atoms with Gasteiger partial charge in [0.15, 0.2) is 11.8 Å². The molecular formula is C19H27IN6OS2. The van der Waals surface area contributed by atoms with Crippen molar-refractivity contribution in [3.8, 4) is 0 Å². The van der Waals surface area contributed by atoms with Crippen LogP contribution in [-0.2, 0) is 25.6 Å². The first kappa shape index (κ1) is 23.8. The fourth-order valence-corrected chi connectivity index (χ4v) is 4.10. The summed E-state index contributed by atoms with van der Waals surface area (Å²) in [5, 5.41) is 29.7. The predicted octanol–water partition coefficient (Wildman–Crippen LogP) is 3.05. The summed E-state index contributed by atoms with van der Waals surface area (Å²) in [6.07, 6.45) is 0.919. The van der Waals surface area contributed by atoms with Gasteiger partial charge in [-0.15, -0.1) is 56.8 Å². The van der Waals surface area contributed by atoms with Gasteiger partial charge < -0.3 is 20.3 Å². The van der Waals surface area contributed by atoms with Crippen molar-refractivity contribution in [3.05, 3.63) is 56.4 Å². The van der Waals surface area contributed by atoms with Crippen LogP contribution in [0.5, 0.6) is 0 Å². The number of rotatable bonds is 8. The highest BCUT2D eigenvalue weighted by atomic mass is 127. The van der Waals surface area contributed by atoms with Crippen molar-refractivity contribution in [2.45, 2.75) is 32.4 Å². The molecule has 1 unspecified atom stereocenters. The molecule has 0 aromatic carbocycles. The number of nitrogens with zero attached hydrogens (tertiary/aromatic N) is 4. The highest BCUT2D eigenvalue weighted by Crippen LogP contribution is 2.24. The van der Waals surface area contributed by atoms with Gasteiger partial charge in [-0.3, -0.25) is 0 Å². The highest BCUT2D eigenvalue weighted by Gasteiger charge is 2.24. The number of aliphatic hydroxyl groups is 1. The molecule has 0 amide bonds. The summed E-state index contributed by atoms with van der Waals surface area (Å²) < 4.78 is 1.93. The van der Waals surface area contributed by atoms with Crippen LogP contribution < -0.4 is 10.6 Å². The lowest BCUT2D eigenvalue weighted by Crippen LogP contribution is -2.44. The van der Waals surface area contributed by atoms with Crippen LogP contribution in [0.15, 0.2) is 40.0 Å². The number of halogens is 1. The summed E-state index contributed by atoms with van der Waals surface area (Å²) in [7, 11) is 1.93. The zero-order valence-electron chi connectivity index (χ0n) is 16.8. The fraction of sp³-hybridized carbons (Fsp3) is 0.421. The van der Waals surface area contributed by atoms with E-state index in [1.165, 1.54) is 4.88 Å². The first-order valence-corrected chi connectivity index (χ1v) is 10.9. The molecule has 0 saturated carbocycles. The molecule has 0 aliphatic heterocycles. The van der Waals surface area contributed by atoms with E-state index in [9.17, 15) is 5.11 Å². The summed E-state index contributed by atoms with van der Waals surface area (Å²) in [4.78, 5) is 6.88. The number of hydrogen-bond donors (Lipinski definition) is 3. The topological polar surface area (TPSA) is 87.4 Å². The molecule has 3 heterocycles. The van der Waals surface area contributed by atoms with Crippen molar-refractivity contribution < 1.29 is 5.11 Å². The standard InChI is InChI=1S/C19H26N6OS2.HI/c1-14-23-24-17(25(14)3)12-21-18(20-9-8-15-6-4-10-27-15)22-13-19(2,26)16-7-5-11-28-16;/h4-7,10-11,26H,8-9,12-13H2,1-3H3,(H2,20,21,22);1H. The maximum absolute atomic E-state index is 10.8.